The van der Waals surface area contributed by atoms with Crippen molar-refractivity contribution in [3.05, 3.63) is 77.9 Å². The summed E-state index contributed by atoms with van der Waals surface area (Å²) in [6.07, 6.45) is 1.69. The van der Waals surface area contributed by atoms with Crippen LogP contribution in [0.4, 0.5) is 0 Å². The van der Waals surface area contributed by atoms with E-state index in [0.29, 0.717) is 5.57 Å². The lowest BCUT2D eigenvalue weighted by Gasteiger charge is -2.11. The Hall–Kier alpha value is -4.06. The van der Waals surface area contributed by atoms with E-state index in [4.69, 9.17) is 11.5 Å². The van der Waals surface area contributed by atoms with E-state index < -0.39 is 5.91 Å². The number of guanidine groups is 1. The third-order valence-corrected chi connectivity index (χ3v) is 4.33. The summed E-state index contributed by atoms with van der Waals surface area (Å²) in [6, 6.07) is 19.5. The molecule has 0 fully saturated rings. The van der Waals surface area contributed by atoms with Crippen molar-refractivity contribution in [2.75, 3.05) is 0 Å². The van der Waals surface area contributed by atoms with Gasteiger partial charge in [0.1, 0.15) is 11.5 Å². The van der Waals surface area contributed by atoms with Gasteiger partial charge >= 0.3 is 0 Å². The molecule has 6 heteroatoms. The first-order chi connectivity index (χ1) is 13.8. The molecule has 0 radical (unpaired) electrons. The molecule has 0 atom stereocenters. The number of amides is 1. The monoisotopic (exact) mass is 387 g/mol. The zero-order chi connectivity index (χ0) is 21.0. The van der Waals surface area contributed by atoms with Crippen LogP contribution in [0.25, 0.3) is 28.3 Å². The van der Waals surface area contributed by atoms with Crippen LogP contribution in [0.5, 0.6) is 11.5 Å². The van der Waals surface area contributed by atoms with Gasteiger partial charge in [-0.05, 0) is 71.1 Å². The Labute approximate surface area is 168 Å². The standard InChI is InChI=1S/C23H21N3O3/c1-14(22(29)26-23(24)25)10-18-11-16(15-4-2-6-19(27)12-15)8-9-21(18)17-5-3-7-20(28)13-17/h2-13,27-28H,1H3,(H4,24,25,26,29). The van der Waals surface area contributed by atoms with Gasteiger partial charge in [0.2, 0.25) is 0 Å². The summed E-state index contributed by atoms with van der Waals surface area (Å²) in [6.45, 7) is 1.63. The number of rotatable bonds is 4. The second-order valence-electron chi connectivity index (χ2n) is 6.57. The molecule has 0 aromatic heterocycles. The van der Waals surface area contributed by atoms with Crippen molar-refractivity contribution in [1.29, 1.82) is 0 Å². The maximum atomic E-state index is 12.2. The average molecular weight is 387 g/mol. The third kappa shape index (κ3) is 4.81. The van der Waals surface area contributed by atoms with Gasteiger partial charge in [0.25, 0.3) is 5.91 Å². The minimum atomic E-state index is -0.533. The minimum absolute atomic E-state index is 0.141. The van der Waals surface area contributed by atoms with Crippen LogP contribution < -0.4 is 11.5 Å². The minimum Gasteiger partial charge on any atom is -0.508 e. The average Bonchev–Trinajstić information content (AvgIpc) is 2.67. The zero-order valence-electron chi connectivity index (χ0n) is 15.8. The molecule has 0 unspecified atom stereocenters. The molecule has 0 heterocycles. The van der Waals surface area contributed by atoms with Crippen molar-refractivity contribution in [1.82, 2.24) is 0 Å². The highest BCUT2D eigenvalue weighted by Gasteiger charge is 2.10. The Bertz CT molecular complexity index is 1130. The number of carbonyl (C=O) groups is 1. The van der Waals surface area contributed by atoms with E-state index in [1.165, 1.54) is 0 Å². The fourth-order valence-electron chi connectivity index (χ4n) is 2.98. The number of carbonyl (C=O) groups excluding carboxylic acids is 1. The lowest BCUT2D eigenvalue weighted by molar-refractivity contribution is -0.114. The molecule has 3 rings (SSSR count). The normalized spacial score (nSPS) is 11.1. The highest BCUT2D eigenvalue weighted by Crippen LogP contribution is 2.33. The Kier molecular flexibility index (Phi) is 5.64. The van der Waals surface area contributed by atoms with Gasteiger partial charge in [-0.15, -0.1) is 0 Å². The number of nitrogens with zero attached hydrogens (tertiary/aromatic N) is 1. The van der Waals surface area contributed by atoms with Crippen LogP contribution in [0.1, 0.15) is 12.5 Å². The van der Waals surface area contributed by atoms with E-state index in [9.17, 15) is 15.0 Å². The second-order valence-corrected chi connectivity index (χ2v) is 6.57. The highest BCUT2D eigenvalue weighted by atomic mass is 16.3. The van der Waals surface area contributed by atoms with Crippen LogP contribution in [0.3, 0.4) is 0 Å². The number of hydrogen-bond acceptors (Lipinski definition) is 3. The quantitative estimate of drug-likeness (QED) is 0.309. The molecule has 0 saturated carbocycles. The van der Waals surface area contributed by atoms with E-state index >= 15 is 0 Å². The summed E-state index contributed by atoms with van der Waals surface area (Å²) < 4.78 is 0. The van der Waals surface area contributed by atoms with Crippen LogP contribution in [0, 0.1) is 0 Å². The lowest BCUT2D eigenvalue weighted by Crippen LogP contribution is -2.24. The largest absolute Gasteiger partial charge is 0.508 e. The molecule has 29 heavy (non-hydrogen) atoms. The first-order valence-electron chi connectivity index (χ1n) is 8.88. The number of benzene rings is 3. The molecule has 0 saturated heterocycles. The van der Waals surface area contributed by atoms with Crippen molar-refractivity contribution in [2.24, 2.45) is 16.5 Å². The summed E-state index contributed by atoms with van der Waals surface area (Å²) in [5.74, 6) is -0.530. The molecule has 0 bridgehead atoms. The number of phenols is 2. The van der Waals surface area contributed by atoms with E-state index in [2.05, 4.69) is 4.99 Å². The van der Waals surface area contributed by atoms with Gasteiger partial charge in [-0.25, -0.2) is 0 Å². The first-order valence-corrected chi connectivity index (χ1v) is 8.88. The van der Waals surface area contributed by atoms with Crippen molar-refractivity contribution < 1.29 is 15.0 Å². The molecule has 0 aliphatic heterocycles. The molecule has 6 N–H and O–H groups in total. The topological polar surface area (TPSA) is 122 Å². The van der Waals surface area contributed by atoms with E-state index in [1.54, 1.807) is 49.4 Å². The van der Waals surface area contributed by atoms with Gasteiger partial charge in [0.15, 0.2) is 5.96 Å². The number of aliphatic imine (C=N–C) groups is 1. The Balaban J connectivity index is 2.16. The molecule has 0 aliphatic rings. The molecular formula is C23H21N3O3. The van der Waals surface area contributed by atoms with Gasteiger partial charge in [-0.3, -0.25) is 4.79 Å². The number of phenolic OH excluding ortho intramolecular Hbond substituents is 2. The summed E-state index contributed by atoms with van der Waals surface area (Å²) in [5, 5.41) is 19.6. The van der Waals surface area contributed by atoms with E-state index in [-0.39, 0.29) is 17.5 Å². The SMILES string of the molecule is CC(=Cc1cc(-c2cccc(O)c2)ccc1-c1cccc(O)c1)C(=O)N=C(N)N. The lowest BCUT2D eigenvalue weighted by atomic mass is 9.93. The Morgan fingerprint density at radius 2 is 1.45 bits per heavy atom. The molecule has 1 amide bonds. The Morgan fingerprint density at radius 1 is 0.862 bits per heavy atom. The number of hydrogen-bond donors (Lipinski definition) is 4. The van der Waals surface area contributed by atoms with Crippen LogP contribution in [-0.4, -0.2) is 22.1 Å². The molecule has 6 nitrogen and oxygen atoms in total. The number of nitrogens with two attached hydrogens (primary N) is 2. The van der Waals surface area contributed by atoms with Gasteiger partial charge < -0.3 is 21.7 Å². The van der Waals surface area contributed by atoms with E-state index in [0.717, 1.165) is 27.8 Å². The molecule has 3 aromatic rings. The number of aromatic hydroxyl groups is 2. The summed E-state index contributed by atoms with van der Waals surface area (Å²) >= 11 is 0. The van der Waals surface area contributed by atoms with Gasteiger partial charge in [-0.2, -0.15) is 4.99 Å². The summed E-state index contributed by atoms with van der Waals surface area (Å²) in [4.78, 5) is 15.7. The fraction of sp³-hybridized carbons (Fsp3) is 0.0435. The maximum absolute atomic E-state index is 12.2. The van der Waals surface area contributed by atoms with Crippen LogP contribution in [0.2, 0.25) is 0 Å². The Morgan fingerprint density at radius 3 is 2.07 bits per heavy atom. The summed E-state index contributed by atoms with van der Waals surface area (Å²) in [5.41, 5.74) is 15.0. The molecule has 0 spiro atoms. The predicted molar refractivity (Wildman–Crippen MR) is 115 cm³/mol. The third-order valence-electron chi connectivity index (χ3n) is 4.33. The summed E-state index contributed by atoms with van der Waals surface area (Å²) in [7, 11) is 0. The van der Waals surface area contributed by atoms with Crippen molar-refractivity contribution in [2.45, 2.75) is 6.92 Å². The smallest absolute Gasteiger partial charge is 0.275 e. The van der Waals surface area contributed by atoms with Crippen molar-refractivity contribution in [3.63, 3.8) is 0 Å². The van der Waals surface area contributed by atoms with Gasteiger partial charge in [0.05, 0.1) is 0 Å². The van der Waals surface area contributed by atoms with Crippen molar-refractivity contribution >= 4 is 17.9 Å². The fourth-order valence-corrected chi connectivity index (χ4v) is 2.98. The van der Waals surface area contributed by atoms with Crippen LogP contribution in [-0.2, 0) is 4.79 Å². The second kappa shape index (κ2) is 8.31. The predicted octanol–water partition coefficient (Wildman–Crippen LogP) is 3.64. The van der Waals surface area contributed by atoms with Gasteiger partial charge in [-0.1, -0.05) is 36.4 Å². The van der Waals surface area contributed by atoms with Crippen molar-refractivity contribution in [3.8, 4) is 33.8 Å². The highest BCUT2D eigenvalue weighted by molar-refractivity contribution is 6.04. The first kappa shape index (κ1) is 19.7. The van der Waals surface area contributed by atoms with Crippen LogP contribution >= 0.6 is 0 Å². The molecule has 0 aliphatic carbocycles. The molecule has 3 aromatic carbocycles. The maximum Gasteiger partial charge on any atom is 0.275 e. The van der Waals surface area contributed by atoms with Crippen LogP contribution in [0.15, 0.2) is 77.3 Å². The molecular weight excluding hydrogens is 366 g/mol. The molecule has 146 valence electrons. The zero-order valence-corrected chi connectivity index (χ0v) is 15.8. The van der Waals surface area contributed by atoms with E-state index in [1.807, 2.05) is 30.3 Å². The van der Waals surface area contributed by atoms with Gasteiger partial charge in [0, 0.05) is 5.57 Å².